The van der Waals surface area contributed by atoms with Crippen molar-refractivity contribution in [2.75, 3.05) is 17.7 Å². The summed E-state index contributed by atoms with van der Waals surface area (Å²) in [6.45, 7) is 6.45. The fraction of sp³-hybridized carbons (Fsp3) is 0.733. The van der Waals surface area contributed by atoms with Crippen molar-refractivity contribution in [2.45, 2.75) is 58.9 Å². The van der Waals surface area contributed by atoms with Gasteiger partial charge in [0.05, 0.1) is 0 Å². The zero-order valence-electron chi connectivity index (χ0n) is 12.6. The second-order valence-electron chi connectivity index (χ2n) is 5.54. The lowest BCUT2D eigenvalue weighted by Gasteiger charge is -2.23. The number of rotatable bonds is 5. The Bertz CT molecular complexity index is 424. The average Bonchev–Trinajstić information content (AvgIpc) is 2.95. The summed E-state index contributed by atoms with van der Waals surface area (Å²) >= 11 is 0. The Morgan fingerprint density at radius 3 is 2.42 bits per heavy atom. The van der Waals surface area contributed by atoms with Crippen molar-refractivity contribution < 1.29 is 0 Å². The average molecular weight is 262 g/mol. The highest BCUT2D eigenvalue weighted by atomic mass is 15.1. The Morgan fingerprint density at radius 2 is 1.84 bits per heavy atom. The normalized spacial score (nSPS) is 17.5. The molecular formula is C15H26N4. The molecule has 0 aromatic carbocycles. The summed E-state index contributed by atoms with van der Waals surface area (Å²) < 4.78 is 0. The van der Waals surface area contributed by atoms with Gasteiger partial charge < -0.3 is 10.6 Å². The largest absolute Gasteiger partial charge is 0.373 e. The molecule has 0 saturated heterocycles. The SMILES string of the molecule is CCc1nc(NC)c(C)c(NC(C)C2CCCC2)n1. The van der Waals surface area contributed by atoms with Gasteiger partial charge in [0.15, 0.2) is 0 Å². The molecule has 1 aliphatic carbocycles. The summed E-state index contributed by atoms with van der Waals surface area (Å²) in [6.07, 6.45) is 6.31. The van der Waals surface area contributed by atoms with E-state index in [4.69, 9.17) is 0 Å². The molecule has 1 fully saturated rings. The Hall–Kier alpha value is -1.32. The minimum atomic E-state index is 0.491. The van der Waals surface area contributed by atoms with Crippen molar-refractivity contribution in [3.63, 3.8) is 0 Å². The minimum absolute atomic E-state index is 0.491. The first-order valence-corrected chi connectivity index (χ1v) is 7.47. The fourth-order valence-corrected chi connectivity index (χ4v) is 2.90. The number of nitrogens with one attached hydrogen (secondary N) is 2. The van der Waals surface area contributed by atoms with Crippen LogP contribution in [0.3, 0.4) is 0 Å². The molecule has 0 radical (unpaired) electrons. The standard InChI is InChI=1S/C15H26N4/c1-5-13-18-14(16-4)10(2)15(19-13)17-11(3)12-8-6-7-9-12/h11-12H,5-9H2,1-4H3,(H2,16,17,18,19). The molecule has 0 aliphatic heterocycles. The van der Waals surface area contributed by atoms with E-state index in [0.29, 0.717) is 6.04 Å². The molecule has 1 heterocycles. The zero-order valence-corrected chi connectivity index (χ0v) is 12.6. The molecule has 0 amide bonds. The molecule has 4 heteroatoms. The van der Waals surface area contributed by atoms with Crippen LogP contribution in [0.25, 0.3) is 0 Å². The lowest BCUT2D eigenvalue weighted by atomic mass is 10.00. The molecule has 1 aromatic heterocycles. The van der Waals surface area contributed by atoms with Crippen LogP contribution in [0.4, 0.5) is 11.6 Å². The lowest BCUT2D eigenvalue weighted by molar-refractivity contribution is 0.480. The number of aromatic nitrogens is 2. The third-order valence-corrected chi connectivity index (χ3v) is 4.22. The monoisotopic (exact) mass is 262 g/mol. The van der Waals surface area contributed by atoms with E-state index in [1.807, 2.05) is 7.05 Å². The lowest BCUT2D eigenvalue weighted by Crippen LogP contribution is -2.25. The zero-order chi connectivity index (χ0) is 13.8. The van der Waals surface area contributed by atoms with Gasteiger partial charge in [0.25, 0.3) is 0 Å². The predicted octanol–water partition coefficient (Wildman–Crippen LogP) is 3.38. The van der Waals surface area contributed by atoms with Crippen LogP contribution in [-0.4, -0.2) is 23.1 Å². The van der Waals surface area contributed by atoms with Gasteiger partial charge in [-0.2, -0.15) is 0 Å². The summed E-state index contributed by atoms with van der Waals surface area (Å²) in [5, 5.41) is 6.77. The van der Waals surface area contributed by atoms with E-state index in [9.17, 15) is 0 Å². The van der Waals surface area contributed by atoms with Gasteiger partial charge in [0.2, 0.25) is 0 Å². The van der Waals surface area contributed by atoms with E-state index in [-0.39, 0.29) is 0 Å². The van der Waals surface area contributed by atoms with Crippen molar-refractivity contribution >= 4 is 11.6 Å². The van der Waals surface area contributed by atoms with Crippen LogP contribution >= 0.6 is 0 Å². The van der Waals surface area contributed by atoms with Crippen LogP contribution in [-0.2, 0) is 6.42 Å². The van der Waals surface area contributed by atoms with Crippen molar-refractivity contribution in [3.8, 4) is 0 Å². The maximum atomic E-state index is 4.65. The molecule has 1 aromatic rings. The van der Waals surface area contributed by atoms with Crippen molar-refractivity contribution in [3.05, 3.63) is 11.4 Å². The molecule has 106 valence electrons. The maximum Gasteiger partial charge on any atom is 0.134 e. The van der Waals surface area contributed by atoms with E-state index in [0.717, 1.165) is 35.4 Å². The molecule has 0 spiro atoms. The molecular weight excluding hydrogens is 236 g/mol. The number of hydrogen-bond donors (Lipinski definition) is 2. The van der Waals surface area contributed by atoms with Gasteiger partial charge in [-0.25, -0.2) is 9.97 Å². The molecule has 19 heavy (non-hydrogen) atoms. The summed E-state index contributed by atoms with van der Waals surface area (Å²) in [5.74, 6) is 3.62. The van der Waals surface area contributed by atoms with Crippen molar-refractivity contribution in [1.29, 1.82) is 0 Å². The van der Waals surface area contributed by atoms with Crippen LogP contribution in [0.2, 0.25) is 0 Å². The summed E-state index contributed by atoms with van der Waals surface area (Å²) in [7, 11) is 1.92. The molecule has 0 bridgehead atoms. The first kappa shape index (κ1) is 14.1. The molecule has 4 nitrogen and oxygen atoms in total. The summed E-state index contributed by atoms with van der Waals surface area (Å²) in [4.78, 5) is 9.16. The quantitative estimate of drug-likeness (QED) is 0.854. The summed E-state index contributed by atoms with van der Waals surface area (Å²) in [5.41, 5.74) is 1.12. The van der Waals surface area contributed by atoms with Gasteiger partial charge in [0.1, 0.15) is 17.5 Å². The van der Waals surface area contributed by atoms with Gasteiger partial charge in [-0.05, 0) is 32.6 Å². The van der Waals surface area contributed by atoms with Crippen LogP contribution in [0.1, 0.15) is 50.9 Å². The fourth-order valence-electron chi connectivity index (χ4n) is 2.90. The molecule has 2 N–H and O–H groups in total. The summed E-state index contributed by atoms with van der Waals surface area (Å²) in [6, 6.07) is 0.491. The Labute approximate surface area is 116 Å². The van der Waals surface area contributed by atoms with Gasteiger partial charge in [-0.3, -0.25) is 0 Å². The second kappa shape index (κ2) is 6.22. The molecule has 1 aliphatic rings. The van der Waals surface area contributed by atoms with Crippen LogP contribution in [0, 0.1) is 12.8 Å². The minimum Gasteiger partial charge on any atom is -0.373 e. The molecule has 2 rings (SSSR count). The highest BCUT2D eigenvalue weighted by Gasteiger charge is 2.22. The van der Waals surface area contributed by atoms with E-state index >= 15 is 0 Å². The van der Waals surface area contributed by atoms with Crippen molar-refractivity contribution in [2.24, 2.45) is 5.92 Å². The molecule has 1 unspecified atom stereocenters. The third-order valence-electron chi connectivity index (χ3n) is 4.22. The van der Waals surface area contributed by atoms with Crippen LogP contribution < -0.4 is 10.6 Å². The number of anilines is 2. The molecule has 1 saturated carbocycles. The van der Waals surface area contributed by atoms with Gasteiger partial charge in [-0.15, -0.1) is 0 Å². The van der Waals surface area contributed by atoms with E-state index in [2.05, 4.69) is 41.4 Å². The van der Waals surface area contributed by atoms with Gasteiger partial charge in [0, 0.05) is 25.1 Å². The van der Waals surface area contributed by atoms with Crippen LogP contribution in [0.5, 0.6) is 0 Å². The van der Waals surface area contributed by atoms with Crippen molar-refractivity contribution in [1.82, 2.24) is 9.97 Å². The topological polar surface area (TPSA) is 49.8 Å². The Kier molecular flexibility index (Phi) is 4.61. The maximum absolute atomic E-state index is 4.65. The van der Waals surface area contributed by atoms with E-state index < -0.39 is 0 Å². The van der Waals surface area contributed by atoms with Gasteiger partial charge in [-0.1, -0.05) is 19.8 Å². The first-order valence-electron chi connectivity index (χ1n) is 7.47. The smallest absolute Gasteiger partial charge is 0.134 e. The van der Waals surface area contributed by atoms with E-state index in [1.54, 1.807) is 0 Å². The Morgan fingerprint density at radius 1 is 1.21 bits per heavy atom. The van der Waals surface area contributed by atoms with E-state index in [1.165, 1.54) is 25.7 Å². The Balaban J connectivity index is 2.18. The third kappa shape index (κ3) is 3.17. The predicted molar refractivity (Wildman–Crippen MR) is 80.7 cm³/mol. The highest BCUT2D eigenvalue weighted by Crippen LogP contribution is 2.30. The second-order valence-corrected chi connectivity index (χ2v) is 5.54. The number of aryl methyl sites for hydroxylation is 1. The number of hydrogen-bond acceptors (Lipinski definition) is 4. The highest BCUT2D eigenvalue weighted by molar-refractivity contribution is 5.57. The first-order chi connectivity index (χ1) is 9.15. The number of nitrogens with zero attached hydrogens (tertiary/aromatic N) is 2. The molecule has 1 atom stereocenters. The van der Waals surface area contributed by atoms with Gasteiger partial charge >= 0.3 is 0 Å². The van der Waals surface area contributed by atoms with Crippen LogP contribution in [0.15, 0.2) is 0 Å².